The second-order valence-corrected chi connectivity index (χ2v) is 18.7. The quantitative estimate of drug-likeness (QED) is 0.0136. The van der Waals surface area contributed by atoms with Gasteiger partial charge in [0.2, 0.25) is 0 Å². The van der Waals surface area contributed by atoms with Gasteiger partial charge in [-0.1, -0.05) is 114 Å². The van der Waals surface area contributed by atoms with Crippen molar-refractivity contribution in [2.45, 2.75) is 180 Å². The van der Waals surface area contributed by atoms with E-state index in [2.05, 4.69) is 39.8 Å². The van der Waals surface area contributed by atoms with Gasteiger partial charge in [-0.15, -0.1) is 11.8 Å². The molecule has 0 saturated carbocycles. The second-order valence-electron chi connectivity index (χ2n) is 16.1. The Morgan fingerprint density at radius 3 is 2.14 bits per heavy atom. The maximum atomic E-state index is 13.0. The summed E-state index contributed by atoms with van der Waals surface area (Å²) in [7, 11) is -4.53. The minimum atomic E-state index is -4.53. The molecule has 1 aromatic heterocycles. The molecule has 5 atom stereocenters. The van der Waals surface area contributed by atoms with Gasteiger partial charge in [-0.2, -0.15) is 0 Å². The van der Waals surface area contributed by atoms with Crippen LogP contribution < -0.4 is 11.5 Å². The Kier molecular flexibility index (Phi) is 34.2. The van der Waals surface area contributed by atoms with Crippen molar-refractivity contribution in [2.75, 3.05) is 32.1 Å². The summed E-state index contributed by atoms with van der Waals surface area (Å²) in [4.78, 5) is 46.8. The summed E-state index contributed by atoms with van der Waals surface area (Å²) in [6.45, 7) is 7.29. The van der Waals surface area contributed by atoms with E-state index in [9.17, 15) is 28.9 Å². The summed E-state index contributed by atoms with van der Waals surface area (Å²) in [6.07, 6.45) is 30.4. The number of unbranched alkanes of at least 4 members (excludes halogenated alkanes) is 10. The average molecular weight is 941 g/mol. The van der Waals surface area contributed by atoms with E-state index in [1.807, 2.05) is 24.3 Å². The molecule has 1 aromatic rings. The Bertz CT molecular complexity index is 1600. The van der Waals surface area contributed by atoms with Crippen LogP contribution in [-0.2, 0) is 50.3 Å². The van der Waals surface area contributed by atoms with Crippen molar-refractivity contribution < 1.29 is 57.0 Å². The number of aryl methyl sites for hydroxylation is 2. The molecule has 7 N–H and O–H groups in total. The number of carboxylic acid groups (broad SMARTS) is 1. The zero-order chi connectivity index (χ0) is 47.4. The van der Waals surface area contributed by atoms with E-state index in [4.69, 9.17) is 39.5 Å². The number of aliphatic hydroxyl groups excluding tert-OH is 1. The smallest absolute Gasteiger partial charge is 0.472 e. The number of thioether (sulfide) groups is 1. The third kappa shape index (κ3) is 29.5. The van der Waals surface area contributed by atoms with Gasteiger partial charge in [-0.05, 0) is 76.3 Å². The molecule has 1 heterocycles. The molecule has 16 heteroatoms. The monoisotopic (exact) mass is 941 g/mol. The molecule has 0 aliphatic heterocycles. The highest BCUT2D eigenvalue weighted by Crippen LogP contribution is 2.43. The molecule has 0 aliphatic rings. The van der Waals surface area contributed by atoms with E-state index in [0.29, 0.717) is 6.42 Å². The standard InChI is InChI=1S/C48H81N2O12PS/c1-5-7-8-9-10-11-12-13-14-18-21-24-30-45(42(51)28-26-31-46(52)53)64-37-41(50)48(55)58-35-40(36-60-63(56,57)59-34-33-49)61-47(54)32-25-22-19-16-15-17-20-23-29-44-39(4)38(3)43(62-44)27-6-2/h10-11,13-14,18,21,24,30,40-42,45,51H,5-9,12,15-17,19-20,22-23,25-29,31-37,49-50H2,1-4H3,(H,52,53)(H,56,57)/b11-10-,14-13-,21-18+,30-24+/t40-,41+,42+,45-/m1/s1. The van der Waals surface area contributed by atoms with Crippen LogP contribution in [0.2, 0.25) is 0 Å². The fourth-order valence-corrected chi connectivity index (χ4v) is 8.42. The summed E-state index contributed by atoms with van der Waals surface area (Å²) in [6, 6.07) is -1.14. The minimum absolute atomic E-state index is 0.0214. The van der Waals surface area contributed by atoms with Gasteiger partial charge in [0.25, 0.3) is 0 Å². The Labute approximate surface area is 387 Å². The summed E-state index contributed by atoms with van der Waals surface area (Å²) in [5, 5.41) is 19.4. The molecule has 366 valence electrons. The molecule has 0 aromatic carbocycles. The molecule has 14 nitrogen and oxygen atoms in total. The number of carbonyl (C=O) groups excluding carboxylic acids is 2. The normalized spacial score (nSPS) is 15.0. The van der Waals surface area contributed by atoms with Gasteiger partial charge in [0.05, 0.1) is 19.3 Å². The number of aliphatic hydroxyl groups is 1. The Morgan fingerprint density at radius 1 is 0.797 bits per heavy atom. The number of aliphatic carboxylic acids is 1. The molecule has 1 unspecified atom stereocenters. The lowest BCUT2D eigenvalue weighted by atomic mass is 10.0. The predicted molar refractivity (Wildman–Crippen MR) is 256 cm³/mol. The maximum absolute atomic E-state index is 13.0. The maximum Gasteiger partial charge on any atom is 0.472 e. The molecule has 0 bridgehead atoms. The number of hydrogen-bond donors (Lipinski definition) is 5. The fraction of sp³-hybridized carbons (Fsp3) is 0.688. The number of ether oxygens (including phenoxy) is 2. The molecular weight excluding hydrogens is 860 g/mol. The summed E-state index contributed by atoms with van der Waals surface area (Å²) in [5.74, 6) is -0.0721. The lowest BCUT2D eigenvalue weighted by molar-refractivity contribution is -0.161. The highest BCUT2D eigenvalue weighted by atomic mass is 32.2. The van der Waals surface area contributed by atoms with Gasteiger partial charge in [-0.3, -0.25) is 23.4 Å². The third-order valence-electron chi connectivity index (χ3n) is 10.4. The first kappa shape index (κ1) is 59.0. The molecule has 64 heavy (non-hydrogen) atoms. The van der Waals surface area contributed by atoms with Gasteiger partial charge in [0.1, 0.15) is 24.2 Å². The van der Waals surface area contributed by atoms with Crippen LogP contribution in [0.15, 0.2) is 53.0 Å². The number of carboxylic acids is 1. The van der Waals surface area contributed by atoms with Gasteiger partial charge < -0.3 is 40.5 Å². The van der Waals surface area contributed by atoms with Gasteiger partial charge >= 0.3 is 25.7 Å². The molecular formula is C48H81N2O12PS. The zero-order valence-electron chi connectivity index (χ0n) is 39.1. The highest BCUT2D eigenvalue weighted by molar-refractivity contribution is 8.00. The summed E-state index contributed by atoms with van der Waals surface area (Å²) in [5.41, 5.74) is 14.1. The fourth-order valence-electron chi connectivity index (χ4n) is 6.53. The number of esters is 2. The van der Waals surface area contributed by atoms with Crippen LogP contribution in [0.3, 0.4) is 0 Å². The van der Waals surface area contributed by atoms with Crippen LogP contribution in [0, 0.1) is 13.8 Å². The van der Waals surface area contributed by atoms with Gasteiger partial charge in [0.15, 0.2) is 6.10 Å². The van der Waals surface area contributed by atoms with E-state index in [-0.39, 0.29) is 44.6 Å². The SMILES string of the molecule is CCCCC/C=C\C\C=C/C=C/C=C/[C@@H](SC[C@H](N)C(=O)OC[C@H](COP(=O)(O)OCCN)OC(=O)CCCCCCCCCCc1oc(CCC)c(C)c1C)[C@@H](O)CCCC(=O)O. The van der Waals surface area contributed by atoms with Gasteiger partial charge in [-0.25, -0.2) is 4.57 Å². The lowest BCUT2D eigenvalue weighted by Crippen LogP contribution is -2.38. The van der Waals surface area contributed by atoms with Gasteiger partial charge in [0, 0.05) is 43.2 Å². The number of phosphoric acid groups is 1. The van der Waals surface area contributed by atoms with Crippen LogP contribution in [0.5, 0.6) is 0 Å². The number of hydrogen-bond acceptors (Lipinski definition) is 13. The van der Waals surface area contributed by atoms with Crippen LogP contribution in [0.1, 0.15) is 152 Å². The molecule has 0 radical (unpaired) electrons. The summed E-state index contributed by atoms with van der Waals surface area (Å²) >= 11 is 1.21. The first-order valence-corrected chi connectivity index (χ1v) is 26.0. The molecule has 0 aliphatic carbocycles. The Balaban J connectivity index is 2.65. The number of nitrogens with two attached hydrogens (primary N) is 2. The summed E-state index contributed by atoms with van der Waals surface area (Å²) < 4.78 is 39.1. The second kappa shape index (κ2) is 37.1. The molecule has 0 fully saturated rings. The van der Waals surface area contributed by atoms with E-state index in [1.165, 1.54) is 42.2 Å². The Hall–Kier alpha value is -3.01. The van der Waals surface area contributed by atoms with E-state index in [1.54, 1.807) is 12.2 Å². The highest BCUT2D eigenvalue weighted by Gasteiger charge is 2.27. The van der Waals surface area contributed by atoms with Crippen LogP contribution >= 0.6 is 19.6 Å². The number of furan rings is 1. The van der Waals surface area contributed by atoms with E-state index < -0.39 is 62.4 Å². The van der Waals surface area contributed by atoms with E-state index >= 15 is 0 Å². The first-order chi connectivity index (χ1) is 30.7. The van der Waals surface area contributed by atoms with E-state index in [0.717, 1.165) is 88.6 Å². The molecule has 0 amide bonds. The lowest BCUT2D eigenvalue weighted by Gasteiger charge is -2.22. The first-order valence-electron chi connectivity index (χ1n) is 23.4. The number of phosphoric ester groups is 1. The topological polar surface area (TPSA) is 231 Å². The number of rotatable bonds is 40. The van der Waals surface area contributed by atoms with Crippen molar-refractivity contribution >= 4 is 37.5 Å². The number of carbonyl (C=O) groups is 3. The Morgan fingerprint density at radius 2 is 1.47 bits per heavy atom. The van der Waals surface area contributed by atoms with Crippen LogP contribution in [0.25, 0.3) is 0 Å². The third-order valence-corrected chi connectivity index (χ3v) is 12.8. The van der Waals surface area contributed by atoms with Crippen molar-refractivity contribution in [3.8, 4) is 0 Å². The number of allylic oxidation sites excluding steroid dienone is 7. The molecule has 0 spiro atoms. The largest absolute Gasteiger partial charge is 0.481 e. The zero-order valence-corrected chi connectivity index (χ0v) is 40.8. The van der Waals surface area contributed by atoms with Crippen LogP contribution in [0.4, 0.5) is 0 Å². The van der Waals surface area contributed by atoms with Crippen molar-refractivity contribution in [3.63, 3.8) is 0 Å². The van der Waals surface area contributed by atoms with Crippen LogP contribution in [-0.4, -0.2) is 88.6 Å². The predicted octanol–water partition coefficient (Wildman–Crippen LogP) is 9.69. The van der Waals surface area contributed by atoms with Crippen molar-refractivity contribution in [1.29, 1.82) is 0 Å². The molecule has 1 rings (SSSR count). The average Bonchev–Trinajstić information content (AvgIpc) is 3.53. The van der Waals surface area contributed by atoms with Crippen molar-refractivity contribution in [2.24, 2.45) is 11.5 Å². The minimum Gasteiger partial charge on any atom is -0.481 e. The van der Waals surface area contributed by atoms with Crippen molar-refractivity contribution in [3.05, 3.63) is 71.3 Å². The molecule has 0 saturated heterocycles. The van der Waals surface area contributed by atoms with Crippen molar-refractivity contribution in [1.82, 2.24) is 0 Å².